The van der Waals surface area contributed by atoms with Crippen molar-refractivity contribution in [1.29, 1.82) is 0 Å². The van der Waals surface area contributed by atoms with Crippen LogP contribution >= 0.6 is 22.7 Å². The molecular weight excluding hydrogens is 380 g/mol. The Morgan fingerprint density at radius 2 is 1.81 bits per heavy atom. The molecule has 1 aliphatic heterocycles. The molecular formula is C20H16N2O3S2. The number of ketones is 2. The van der Waals surface area contributed by atoms with Gasteiger partial charge in [-0.15, -0.1) is 22.7 Å². The number of hydrogen-bond acceptors (Lipinski definition) is 6. The molecule has 1 fully saturated rings. The van der Waals surface area contributed by atoms with Crippen LogP contribution in [0.15, 0.2) is 47.8 Å². The Kier molecular flexibility index (Phi) is 4.49. The van der Waals surface area contributed by atoms with Gasteiger partial charge in [-0.1, -0.05) is 36.4 Å². The fourth-order valence-electron chi connectivity index (χ4n) is 3.23. The molecule has 0 spiro atoms. The summed E-state index contributed by atoms with van der Waals surface area (Å²) in [4.78, 5) is 46.5. The normalized spacial score (nSPS) is 19.7. The molecule has 1 aliphatic rings. The smallest absolute Gasteiger partial charge is 0.293 e. The highest BCUT2D eigenvalue weighted by Crippen LogP contribution is 2.44. The molecule has 0 saturated carbocycles. The molecule has 3 heterocycles. The molecule has 5 nitrogen and oxygen atoms in total. The zero-order valence-corrected chi connectivity index (χ0v) is 16.3. The van der Waals surface area contributed by atoms with Crippen LogP contribution in [0.2, 0.25) is 0 Å². The van der Waals surface area contributed by atoms with Crippen molar-refractivity contribution in [3.05, 3.63) is 68.9 Å². The number of thiazole rings is 1. The first-order chi connectivity index (χ1) is 13.0. The molecule has 0 bridgehead atoms. The number of thiophene rings is 1. The van der Waals surface area contributed by atoms with E-state index < -0.39 is 23.7 Å². The second-order valence-electron chi connectivity index (χ2n) is 6.35. The maximum atomic E-state index is 13.1. The molecule has 0 aliphatic carbocycles. The standard InChI is InChI=1S/C20H16N2O3S2/c1-11-12(2)27-20(21-11)22-16(14-9-6-10-26-14)15(18(24)19(22)25)17(23)13-7-4-3-5-8-13/h3-10,15-16H,1-2H3. The zero-order chi connectivity index (χ0) is 19.1. The molecule has 1 saturated heterocycles. The summed E-state index contributed by atoms with van der Waals surface area (Å²) in [5.41, 5.74) is 1.25. The summed E-state index contributed by atoms with van der Waals surface area (Å²) >= 11 is 2.79. The monoisotopic (exact) mass is 396 g/mol. The molecule has 1 amide bonds. The van der Waals surface area contributed by atoms with Crippen LogP contribution in [0.1, 0.15) is 31.8 Å². The van der Waals surface area contributed by atoms with Crippen LogP contribution < -0.4 is 4.90 Å². The van der Waals surface area contributed by atoms with Gasteiger partial charge in [0, 0.05) is 15.3 Å². The van der Waals surface area contributed by atoms with E-state index in [-0.39, 0.29) is 5.78 Å². The molecule has 4 rings (SSSR count). The van der Waals surface area contributed by atoms with Crippen molar-refractivity contribution < 1.29 is 14.4 Å². The third kappa shape index (κ3) is 2.93. The first-order valence-corrected chi connectivity index (χ1v) is 10.1. The second-order valence-corrected chi connectivity index (χ2v) is 8.51. The Bertz CT molecular complexity index is 1010. The van der Waals surface area contributed by atoms with Crippen molar-refractivity contribution in [2.45, 2.75) is 19.9 Å². The van der Waals surface area contributed by atoms with Crippen LogP contribution in [0.25, 0.3) is 0 Å². The second kappa shape index (κ2) is 6.83. The molecule has 1 aromatic carbocycles. The van der Waals surface area contributed by atoms with Crippen LogP contribution in [-0.4, -0.2) is 22.5 Å². The summed E-state index contributed by atoms with van der Waals surface area (Å²) in [7, 11) is 0. The molecule has 3 aromatic rings. The number of amides is 1. The van der Waals surface area contributed by atoms with E-state index in [0.717, 1.165) is 15.4 Å². The predicted octanol–water partition coefficient (Wildman–Crippen LogP) is 3.98. The van der Waals surface area contributed by atoms with Crippen molar-refractivity contribution >= 4 is 45.3 Å². The van der Waals surface area contributed by atoms with Gasteiger partial charge in [-0.3, -0.25) is 19.3 Å². The van der Waals surface area contributed by atoms with Crippen molar-refractivity contribution in [3.8, 4) is 0 Å². The van der Waals surface area contributed by atoms with Gasteiger partial charge in [0.2, 0.25) is 5.78 Å². The van der Waals surface area contributed by atoms with E-state index in [1.165, 1.54) is 27.6 Å². The van der Waals surface area contributed by atoms with Crippen molar-refractivity contribution in [3.63, 3.8) is 0 Å². The summed E-state index contributed by atoms with van der Waals surface area (Å²) in [5.74, 6) is -2.74. The topological polar surface area (TPSA) is 67.3 Å². The number of Topliss-reactive ketones (excluding diaryl/α,β-unsaturated/α-hetero) is 2. The molecule has 27 heavy (non-hydrogen) atoms. The van der Waals surface area contributed by atoms with Crippen LogP contribution in [0, 0.1) is 19.8 Å². The van der Waals surface area contributed by atoms with E-state index in [0.29, 0.717) is 10.7 Å². The lowest BCUT2D eigenvalue weighted by Crippen LogP contribution is -2.30. The van der Waals surface area contributed by atoms with Crippen LogP contribution in [0.4, 0.5) is 5.13 Å². The van der Waals surface area contributed by atoms with Crippen molar-refractivity contribution in [2.75, 3.05) is 4.90 Å². The Labute approximate surface area is 164 Å². The number of aryl methyl sites for hydroxylation is 2. The molecule has 2 unspecified atom stereocenters. The number of rotatable bonds is 4. The van der Waals surface area contributed by atoms with E-state index in [1.54, 1.807) is 24.3 Å². The summed E-state index contributed by atoms with van der Waals surface area (Å²) in [5, 5.41) is 2.34. The van der Waals surface area contributed by atoms with Gasteiger partial charge in [0.25, 0.3) is 5.91 Å². The molecule has 2 aromatic heterocycles. The lowest BCUT2D eigenvalue weighted by atomic mass is 9.89. The summed E-state index contributed by atoms with van der Waals surface area (Å²) in [6.07, 6.45) is 0. The summed E-state index contributed by atoms with van der Waals surface area (Å²) in [6, 6.07) is 11.7. The Balaban J connectivity index is 1.84. The van der Waals surface area contributed by atoms with E-state index in [9.17, 15) is 14.4 Å². The van der Waals surface area contributed by atoms with E-state index in [2.05, 4.69) is 4.98 Å². The first-order valence-electron chi connectivity index (χ1n) is 8.43. The van der Waals surface area contributed by atoms with Gasteiger partial charge in [-0.2, -0.15) is 0 Å². The van der Waals surface area contributed by atoms with Gasteiger partial charge < -0.3 is 0 Å². The maximum absolute atomic E-state index is 13.1. The third-order valence-corrected chi connectivity index (χ3v) is 6.72. The maximum Gasteiger partial charge on any atom is 0.297 e. The quantitative estimate of drug-likeness (QED) is 0.380. The van der Waals surface area contributed by atoms with Gasteiger partial charge in [0.1, 0.15) is 5.92 Å². The largest absolute Gasteiger partial charge is 0.297 e. The number of hydrogen-bond donors (Lipinski definition) is 0. The molecule has 7 heteroatoms. The van der Waals surface area contributed by atoms with Crippen LogP contribution in [0.3, 0.4) is 0 Å². The number of benzene rings is 1. The van der Waals surface area contributed by atoms with Crippen LogP contribution in [0.5, 0.6) is 0 Å². The number of nitrogens with zero attached hydrogens (tertiary/aromatic N) is 2. The Morgan fingerprint density at radius 1 is 1.07 bits per heavy atom. The first kappa shape index (κ1) is 17.8. The lowest BCUT2D eigenvalue weighted by molar-refractivity contribution is -0.135. The highest BCUT2D eigenvalue weighted by molar-refractivity contribution is 7.16. The fourth-order valence-corrected chi connectivity index (χ4v) is 5.03. The van der Waals surface area contributed by atoms with E-state index >= 15 is 0 Å². The summed E-state index contributed by atoms with van der Waals surface area (Å²) < 4.78 is 0. The predicted molar refractivity (Wildman–Crippen MR) is 105 cm³/mol. The molecule has 0 N–H and O–H groups in total. The highest BCUT2D eigenvalue weighted by atomic mass is 32.1. The van der Waals surface area contributed by atoms with E-state index in [4.69, 9.17) is 0 Å². The van der Waals surface area contributed by atoms with Crippen molar-refractivity contribution in [2.24, 2.45) is 5.92 Å². The highest BCUT2D eigenvalue weighted by Gasteiger charge is 2.53. The number of aromatic nitrogens is 1. The van der Waals surface area contributed by atoms with Gasteiger partial charge in [0.05, 0.1) is 11.7 Å². The third-order valence-electron chi connectivity index (χ3n) is 4.70. The zero-order valence-electron chi connectivity index (χ0n) is 14.7. The number of carbonyl (C=O) groups excluding carboxylic acids is 3. The average Bonchev–Trinajstić information content (AvgIpc) is 3.36. The summed E-state index contributed by atoms with van der Waals surface area (Å²) in [6.45, 7) is 3.79. The lowest BCUT2D eigenvalue weighted by Gasteiger charge is -2.23. The number of carbonyl (C=O) groups is 3. The molecule has 0 radical (unpaired) electrons. The minimum absolute atomic E-state index is 0.333. The van der Waals surface area contributed by atoms with Gasteiger partial charge in [-0.25, -0.2) is 4.98 Å². The van der Waals surface area contributed by atoms with Crippen molar-refractivity contribution in [1.82, 2.24) is 4.98 Å². The van der Waals surface area contributed by atoms with Crippen LogP contribution in [-0.2, 0) is 9.59 Å². The Morgan fingerprint density at radius 3 is 2.41 bits per heavy atom. The minimum Gasteiger partial charge on any atom is -0.293 e. The Hall–Kier alpha value is -2.64. The van der Waals surface area contributed by atoms with E-state index in [1.807, 2.05) is 37.4 Å². The minimum atomic E-state index is -1.07. The fraction of sp³-hybridized carbons (Fsp3) is 0.200. The van der Waals surface area contributed by atoms with Gasteiger partial charge in [-0.05, 0) is 25.3 Å². The molecule has 2 atom stereocenters. The van der Waals surface area contributed by atoms with Gasteiger partial charge in [0.15, 0.2) is 10.9 Å². The SMILES string of the molecule is Cc1nc(N2C(=O)C(=O)C(C(=O)c3ccccc3)C2c2cccs2)sc1C. The van der Waals surface area contributed by atoms with Gasteiger partial charge >= 0.3 is 0 Å². The number of anilines is 1. The average molecular weight is 396 g/mol. The molecule has 136 valence electrons.